The largest absolute Gasteiger partial charge is 0.325 e. The lowest BCUT2D eigenvalue weighted by molar-refractivity contribution is -0.131. The molecule has 156 valence electrons. The molecule has 3 aromatic rings. The summed E-state index contributed by atoms with van der Waals surface area (Å²) in [7, 11) is 0. The van der Waals surface area contributed by atoms with E-state index < -0.39 is 11.6 Å². The summed E-state index contributed by atoms with van der Waals surface area (Å²) >= 11 is 5.94. The molecule has 1 atom stereocenters. The van der Waals surface area contributed by atoms with Crippen molar-refractivity contribution in [2.75, 3.05) is 5.32 Å². The molecule has 6 nitrogen and oxygen atoms in total. The monoisotopic (exact) mass is 433 g/mol. The Labute approximate surface area is 184 Å². The van der Waals surface area contributed by atoms with E-state index in [1.54, 1.807) is 67.6 Å². The van der Waals surface area contributed by atoms with E-state index in [9.17, 15) is 14.4 Å². The number of urea groups is 1. The summed E-state index contributed by atoms with van der Waals surface area (Å²) in [6, 6.07) is 22.3. The Morgan fingerprint density at radius 2 is 1.71 bits per heavy atom. The molecular weight excluding hydrogens is 414 g/mol. The van der Waals surface area contributed by atoms with Crippen molar-refractivity contribution in [3.05, 3.63) is 101 Å². The van der Waals surface area contributed by atoms with Crippen LogP contribution >= 0.6 is 11.6 Å². The molecule has 3 aromatic carbocycles. The van der Waals surface area contributed by atoms with Gasteiger partial charge in [-0.15, -0.1) is 0 Å². The molecule has 0 radical (unpaired) electrons. The zero-order valence-electron chi connectivity index (χ0n) is 16.8. The first kappa shape index (κ1) is 20.6. The van der Waals surface area contributed by atoms with Crippen molar-refractivity contribution in [2.45, 2.75) is 19.0 Å². The summed E-state index contributed by atoms with van der Waals surface area (Å²) < 4.78 is 0. The first-order valence-corrected chi connectivity index (χ1v) is 10.1. The van der Waals surface area contributed by atoms with Crippen LogP contribution in [0.5, 0.6) is 0 Å². The van der Waals surface area contributed by atoms with Gasteiger partial charge in [-0.3, -0.25) is 14.5 Å². The molecule has 1 saturated heterocycles. The molecule has 0 bridgehead atoms. The van der Waals surface area contributed by atoms with E-state index >= 15 is 0 Å². The van der Waals surface area contributed by atoms with Crippen LogP contribution in [0.25, 0.3) is 0 Å². The quantitative estimate of drug-likeness (QED) is 0.579. The number of imide groups is 1. The molecule has 2 N–H and O–H groups in total. The van der Waals surface area contributed by atoms with Crippen molar-refractivity contribution < 1.29 is 14.4 Å². The van der Waals surface area contributed by atoms with E-state index in [0.29, 0.717) is 27.4 Å². The standard InChI is InChI=1S/C24H20ClN3O3/c1-24(18-10-12-19(25)13-11-18)22(30)28(23(31)27-24)15-16-6-5-7-17(14-16)21(29)26-20-8-3-2-4-9-20/h2-14H,15H2,1H3,(H,26,29)(H,27,31). The van der Waals surface area contributed by atoms with Gasteiger partial charge in [0.05, 0.1) is 6.54 Å². The molecule has 0 saturated carbocycles. The smallest absolute Gasteiger partial charge is 0.322 e. The van der Waals surface area contributed by atoms with Gasteiger partial charge in [0.2, 0.25) is 0 Å². The summed E-state index contributed by atoms with van der Waals surface area (Å²) in [5.41, 5.74) is 1.27. The number of nitrogens with one attached hydrogen (secondary N) is 2. The number of nitrogens with zero attached hydrogens (tertiary/aromatic N) is 1. The highest BCUT2D eigenvalue weighted by Gasteiger charge is 2.48. The van der Waals surface area contributed by atoms with Crippen molar-refractivity contribution in [3.8, 4) is 0 Å². The van der Waals surface area contributed by atoms with Gasteiger partial charge in [-0.2, -0.15) is 0 Å². The average molecular weight is 434 g/mol. The van der Waals surface area contributed by atoms with Crippen LogP contribution in [0.3, 0.4) is 0 Å². The van der Waals surface area contributed by atoms with Crippen LogP contribution in [-0.2, 0) is 16.9 Å². The summed E-state index contributed by atoms with van der Waals surface area (Å²) in [5, 5.41) is 6.15. The number of carbonyl (C=O) groups excluding carboxylic acids is 3. The number of rotatable bonds is 5. The lowest BCUT2D eigenvalue weighted by atomic mass is 9.92. The molecule has 1 aliphatic heterocycles. The molecule has 4 amide bonds. The van der Waals surface area contributed by atoms with Crippen molar-refractivity contribution >= 4 is 35.1 Å². The third-order valence-electron chi connectivity index (χ3n) is 5.26. The maximum Gasteiger partial charge on any atom is 0.325 e. The molecule has 0 spiro atoms. The predicted octanol–water partition coefficient (Wildman–Crippen LogP) is 4.56. The van der Waals surface area contributed by atoms with Gasteiger partial charge in [0, 0.05) is 16.3 Å². The molecule has 1 aliphatic rings. The number of benzene rings is 3. The fraction of sp³-hybridized carbons (Fsp3) is 0.125. The summed E-state index contributed by atoms with van der Waals surface area (Å²) in [4.78, 5) is 39.4. The second kappa shape index (κ2) is 8.24. The number of anilines is 1. The van der Waals surface area contributed by atoms with Crippen LogP contribution in [0, 0.1) is 0 Å². The molecular formula is C24H20ClN3O3. The third-order valence-corrected chi connectivity index (χ3v) is 5.51. The summed E-state index contributed by atoms with van der Waals surface area (Å²) in [6.07, 6.45) is 0. The molecule has 7 heteroatoms. The molecule has 0 aliphatic carbocycles. The molecule has 0 aromatic heterocycles. The average Bonchev–Trinajstić information content (AvgIpc) is 2.99. The van der Waals surface area contributed by atoms with Crippen molar-refractivity contribution in [1.82, 2.24) is 10.2 Å². The molecule has 4 rings (SSSR count). The van der Waals surface area contributed by atoms with Gasteiger partial charge >= 0.3 is 6.03 Å². The Kier molecular flexibility index (Phi) is 5.48. The van der Waals surface area contributed by atoms with Gasteiger partial charge in [0.15, 0.2) is 0 Å². The summed E-state index contributed by atoms with van der Waals surface area (Å²) in [6.45, 7) is 1.72. The molecule has 1 heterocycles. The minimum atomic E-state index is -1.18. The fourth-order valence-corrected chi connectivity index (χ4v) is 3.66. The predicted molar refractivity (Wildman–Crippen MR) is 119 cm³/mol. The van der Waals surface area contributed by atoms with E-state index in [-0.39, 0.29) is 18.4 Å². The van der Waals surface area contributed by atoms with Crippen LogP contribution in [0.2, 0.25) is 5.02 Å². The van der Waals surface area contributed by atoms with Crippen LogP contribution in [0.1, 0.15) is 28.4 Å². The third kappa shape index (κ3) is 4.15. The zero-order chi connectivity index (χ0) is 22.0. The van der Waals surface area contributed by atoms with Gasteiger partial charge in [-0.25, -0.2) is 4.79 Å². The minimum Gasteiger partial charge on any atom is -0.322 e. The molecule has 1 unspecified atom stereocenters. The van der Waals surface area contributed by atoms with Gasteiger partial charge in [-0.05, 0) is 54.4 Å². The number of halogens is 1. The first-order valence-electron chi connectivity index (χ1n) is 9.72. The Hall–Kier alpha value is -3.64. The number of para-hydroxylation sites is 1. The fourth-order valence-electron chi connectivity index (χ4n) is 3.54. The highest BCUT2D eigenvalue weighted by atomic mass is 35.5. The number of hydrogen-bond donors (Lipinski definition) is 2. The molecule has 1 fully saturated rings. The van der Waals surface area contributed by atoms with E-state index in [1.165, 1.54) is 0 Å². The summed E-state index contributed by atoms with van der Waals surface area (Å²) in [5.74, 6) is -0.629. The second-order valence-electron chi connectivity index (χ2n) is 7.47. The normalized spacial score (nSPS) is 18.1. The minimum absolute atomic E-state index is 0.0559. The van der Waals surface area contributed by atoms with E-state index in [0.717, 1.165) is 4.90 Å². The van der Waals surface area contributed by atoms with E-state index in [2.05, 4.69) is 10.6 Å². The van der Waals surface area contributed by atoms with Crippen molar-refractivity contribution in [2.24, 2.45) is 0 Å². The van der Waals surface area contributed by atoms with Gasteiger partial charge < -0.3 is 10.6 Å². The maximum absolute atomic E-state index is 13.1. The second-order valence-corrected chi connectivity index (χ2v) is 7.91. The maximum atomic E-state index is 13.1. The first-order chi connectivity index (χ1) is 14.9. The number of amides is 4. The zero-order valence-corrected chi connectivity index (χ0v) is 17.5. The highest BCUT2D eigenvalue weighted by molar-refractivity contribution is 6.30. The Balaban J connectivity index is 1.52. The number of carbonyl (C=O) groups is 3. The SMILES string of the molecule is CC1(c2ccc(Cl)cc2)NC(=O)N(Cc2cccc(C(=O)Nc3ccccc3)c2)C1=O. The Bertz CT molecular complexity index is 1150. The van der Waals surface area contributed by atoms with E-state index in [4.69, 9.17) is 11.6 Å². The lowest BCUT2D eigenvalue weighted by Crippen LogP contribution is -2.40. The van der Waals surface area contributed by atoms with Crippen molar-refractivity contribution in [3.63, 3.8) is 0 Å². The lowest BCUT2D eigenvalue weighted by Gasteiger charge is -2.22. The Morgan fingerprint density at radius 3 is 2.42 bits per heavy atom. The van der Waals surface area contributed by atoms with Crippen LogP contribution in [0.4, 0.5) is 10.5 Å². The van der Waals surface area contributed by atoms with Gasteiger partial charge in [0.1, 0.15) is 5.54 Å². The van der Waals surface area contributed by atoms with Gasteiger partial charge in [-0.1, -0.05) is 54.1 Å². The van der Waals surface area contributed by atoms with Gasteiger partial charge in [0.25, 0.3) is 11.8 Å². The van der Waals surface area contributed by atoms with Crippen molar-refractivity contribution in [1.29, 1.82) is 0 Å². The number of hydrogen-bond acceptors (Lipinski definition) is 3. The van der Waals surface area contributed by atoms with Crippen LogP contribution in [-0.4, -0.2) is 22.7 Å². The van der Waals surface area contributed by atoms with Crippen LogP contribution in [0.15, 0.2) is 78.9 Å². The molecule has 31 heavy (non-hydrogen) atoms. The Morgan fingerprint density at radius 1 is 1.00 bits per heavy atom. The van der Waals surface area contributed by atoms with E-state index in [1.807, 2.05) is 18.2 Å². The topological polar surface area (TPSA) is 78.5 Å². The highest BCUT2D eigenvalue weighted by Crippen LogP contribution is 2.30. The van der Waals surface area contributed by atoms with Crippen LogP contribution < -0.4 is 10.6 Å².